The number of ether oxygens (including phenoxy) is 1. The smallest absolute Gasteiger partial charge is 0.339 e. The number of amides is 1. The van der Waals surface area contributed by atoms with Crippen LogP contribution in [0.5, 0.6) is 5.75 Å². The quantitative estimate of drug-likeness (QED) is 0.863. The molecule has 5 nitrogen and oxygen atoms in total. The Hall–Kier alpha value is -1.75. The molecular weight excluding hydrogens is 258 g/mol. The van der Waals surface area contributed by atoms with Crippen molar-refractivity contribution in [2.45, 2.75) is 19.8 Å². The summed E-state index contributed by atoms with van der Waals surface area (Å²) in [6.45, 7) is 1.88. The number of halogens is 1. The number of carboxylic acid groups (broad SMARTS) is 1. The van der Waals surface area contributed by atoms with Gasteiger partial charge in [-0.2, -0.15) is 0 Å². The molecule has 0 heterocycles. The van der Waals surface area contributed by atoms with Crippen LogP contribution in [0.25, 0.3) is 0 Å². The van der Waals surface area contributed by atoms with Crippen LogP contribution in [0.4, 0.5) is 5.69 Å². The number of methoxy groups -OCH3 is 1. The Kier molecular flexibility index (Phi) is 4.97. The second-order valence-electron chi connectivity index (χ2n) is 3.64. The van der Waals surface area contributed by atoms with Crippen molar-refractivity contribution < 1.29 is 19.4 Å². The highest BCUT2D eigenvalue weighted by atomic mass is 35.5. The highest BCUT2D eigenvalue weighted by Crippen LogP contribution is 2.31. The number of carbonyl (C=O) groups excluding carboxylic acids is 1. The van der Waals surface area contributed by atoms with E-state index in [1.165, 1.54) is 19.2 Å². The summed E-state index contributed by atoms with van der Waals surface area (Å²) >= 11 is 5.91. The zero-order valence-electron chi connectivity index (χ0n) is 10.1. The van der Waals surface area contributed by atoms with Gasteiger partial charge in [-0.05, 0) is 12.5 Å². The highest BCUT2D eigenvalue weighted by molar-refractivity contribution is 6.34. The zero-order chi connectivity index (χ0) is 13.7. The lowest BCUT2D eigenvalue weighted by atomic mass is 10.1. The van der Waals surface area contributed by atoms with E-state index >= 15 is 0 Å². The number of carboxylic acids is 1. The molecule has 0 spiro atoms. The maximum absolute atomic E-state index is 11.5. The first-order chi connectivity index (χ1) is 8.49. The van der Waals surface area contributed by atoms with Crippen molar-refractivity contribution >= 4 is 29.2 Å². The second-order valence-corrected chi connectivity index (χ2v) is 4.04. The van der Waals surface area contributed by atoms with Crippen LogP contribution in [-0.4, -0.2) is 24.1 Å². The summed E-state index contributed by atoms with van der Waals surface area (Å²) in [5, 5.41) is 11.7. The summed E-state index contributed by atoms with van der Waals surface area (Å²) in [7, 11) is 1.35. The van der Waals surface area contributed by atoms with Gasteiger partial charge in [0.1, 0.15) is 11.3 Å². The third kappa shape index (κ3) is 3.37. The Balaban J connectivity index is 3.07. The number of hydrogen-bond donors (Lipinski definition) is 2. The molecule has 6 heteroatoms. The minimum Gasteiger partial charge on any atom is -0.496 e. The first kappa shape index (κ1) is 14.3. The molecule has 18 heavy (non-hydrogen) atoms. The highest BCUT2D eigenvalue weighted by Gasteiger charge is 2.15. The third-order valence-electron chi connectivity index (χ3n) is 2.27. The predicted molar refractivity (Wildman–Crippen MR) is 68.5 cm³/mol. The van der Waals surface area contributed by atoms with Crippen LogP contribution in [0.1, 0.15) is 30.1 Å². The number of carbonyl (C=O) groups is 2. The summed E-state index contributed by atoms with van der Waals surface area (Å²) in [4.78, 5) is 22.4. The number of rotatable bonds is 5. The molecule has 0 aromatic heterocycles. The maximum atomic E-state index is 11.5. The van der Waals surface area contributed by atoms with Crippen molar-refractivity contribution in [2.75, 3.05) is 12.4 Å². The van der Waals surface area contributed by atoms with Crippen molar-refractivity contribution in [1.82, 2.24) is 0 Å². The van der Waals surface area contributed by atoms with Gasteiger partial charge in [0, 0.05) is 12.5 Å². The average molecular weight is 272 g/mol. The summed E-state index contributed by atoms with van der Waals surface area (Å²) in [5.74, 6) is -1.16. The molecular formula is C12H14ClNO4. The van der Waals surface area contributed by atoms with Gasteiger partial charge in [-0.15, -0.1) is 0 Å². The third-order valence-corrected chi connectivity index (χ3v) is 2.58. The second kappa shape index (κ2) is 6.26. The van der Waals surface area contributed by atoms with Crippen LogP contribution in [-0.2, 0) is 4.79 Å². The van der Waals surface area contributed by atoms with Crippen LogP contribution in [0.15, 0.2) is 12.1 Å². The van der Waals surface area contributed by atoms with Gasteiger partial charge in [0.15, 0.2) is 0 Å². The Morgan fingerprint density at radius 2 is 2.11 bits per heavy atom. The van der Waals surface area contributed by atoms with Gasteiger partial charge in [-0.25, -0.2) is 4.79 Å². The van der Waals surface area contributed by atoms with Gasteiger partial charge < -0.3 is 15.2 Å². The van der Waals surface area contributed by atoms with Gasteiger partial charge in [0.2, 0.25) is 5.91 Å². The molecule has 0 fully saturated rings. The molecule has 0 saturated carbocycles. The number of benzene rings is 1. The van der Waals surface area contributed by atoms with Crippen LogP contribution in [0.3, 0.4) is 0 Å². The van der Waals surface area contributed by atoms with Gasteiger partial charge in [-0.1, -0.05) is 18.5 Å². The summed E-state index contributed by atoms with van der Waals surface area (Å²) in [6, 6.07) is 2.66. The minimum atomic E-state index is -1.14. The topological polar surface area (TPSA) is 75.6 Å². The van der Waals surface area contributed by atoms with Crippen LogP contribution in [0, 0.1) is 0 Å². The predicted octanol–water partition coefficient (Wildman–Crippen LogP) is 2.79. The largest absolute Gasteiger partial charge is 0.496 e. The molecule has 0 aliphatic carbocycles. The van der Waals surface area contributed by atoms with Crippen molar-refractivity contribution in [3.05, 3.63) is 22.7 Å². The van der Waals surface area contributed by atoms with Crippen LogP contribution >= 0.6 is 11.6 Å². The standard InChI is InChI=1S/C12H14ClNO4/c1-3-4-11(15)14-9-6-10(18-2)7(12(16)17)5-8(9)13/h5-6H,3-4H2,1-2H3,(H,14,15)(H,16,17). The molecule has 0 aliphatic rings. The van der Waals surface area contributed by atoms with Gasteiger partial charge in [0.05, 0.1) is 17.8 Å². The molecule has 0 unspecified atom stereocenters. The Bertz CT molecular complexity index is 473. The molecule has 1 rings (SSSR count). The molecule has 1 aromatic carbocycles. The minimum absolute atomic E-state index is 0.0454. The molecule has 2 N–H and O–H groups in total. The lowest BCUT2D eigenvalue weighted by Gasteiger charge is -2.11. The average Bonchev–Trinajstić information content (AvgIpc) is 2.31. The maximum Gasteiger partial charge on any atom is 0.339 e. The van der Waals surface area contributed by atoms with Crippen molar-refractivity contribution in [3.63, 3.8) is 0 Å². The molecule has 0 radical (unpaired) electrons. The summed E-state index contributed by atoms with van der Waals surface area (Å²) in [5.41, 5.74) is 0.299. The van der Waals surface area contributed by atoms with E-state index in [2.05, 4.69) is 5.32 Å². The number of anilines is 1. The SMILES string of the molecule is CCCC(=O)Nc1cc(OC)c(C(=O)O)cc1Cl. The van der Waals surface area contributed by atoms with E-state index in [1.54, 1.807) is 0 Å². The van der Waals surface area contributed by atoms with Gasteiger partial charge in [0.25, 0.3) is 0 Å². The lowest BCUT2D eigenvalue weighted by molar-refractivity contribution is -0.116. The first-order valence-electron chi connectivity index (χ1n) is 5.40. The Morgan fingerprint density at radius 3 is 2.61 bits per heavy atom. The van der Waals surface area contributed by atoms with E-state index in [9.17, 15) is 9.59 Å². The molecule has 98 valence electrons. The monoisotopic (exact) mass is 271 g/mol. The van der Waals surface area contributed by atoms with E-state index in [1.807, 2.05) is 6.92 Å². The normalized spacial score (nSPS) is 9.94. The Labute approximate surface area is 110 Å². The van der Waals surface area contributed by atoms with Crippen molar-refractivity contribution in [2.24, 2.45) is 0 Å². The van der Waals surface area contributed by atoms with E-state index in [-0.39, 0.29) is 22.2 Å². The first-order valence-corrected chi connectivity index (χ1v) is 5.78. The number of aromatic carboxylic acids is 1. The molecule has 1 amide bonds. The lowest BCUT2D eigenvalue weighted by Crippen LogP contribution is -2.12. The van der Waals surface area contributed by atoms with Gasteiger partial charge >= 0.3 is 5.97 Å². The van der Waals surface area contributed by atoms with Crippen LogP contribution in [0.2, 0.25) is 5.02 Å². The van der Waals surface area contributed by atoms with E-state index in [0.29, 0.717) is 18.5 Å². The fourth-order valence-electron chi connectivity index (χ4n) is 1.42. The van der Waals surface area contributed by atoms with E-state index in [4.69, 9.17) is 21.4 Å². The van der Waals surface area contributed by atoms with E-state index < -0.39 is 5.97 Å². The fourth-order valence-corrected chi connectivity index (χ4v) is 1.64. The molecule has 0 bridgehead atoms. The fraction of sp³-hybridized carbons (Fsp3) is 0.333. The molecule has 0 atom stereocenters. The summed E-state index contributed by atoms with van der Waals surface area (Å²) < 4.78 is 4.95. The van der Waals surface area contributed by atoms with Gasteiger partial charge in [-0.3, -0.25) is 4.79 Å². The Morgan fingerprint density at radius 1 is 1.44 bits per heavy atom. The van der Waals surface area contributed by atoms with Crippen molar-refractivity contribution in [1.29, 1.82) is 0 Å². The number of nitrogens with one attached hydrogen (secondary N) is 1. The van der Waals surface area contributed by atoms with E-state index in [0.717, 1.165) is 0 Å². The molecule has 1 aromatic rings. The summed E-state index contributed by atoms with van der Waals surface area (Å²) in [6.07, 6.45) is 1.09. The van der Waals surface area contributed by atoms with Crippen LogP contribution < -0.4 is 10.1 Å². The molecule has 0 saturated heterocycles. The molecule has 0 aliphatic heterocycles. The van der Waals surface area contributed by atoms with Crippen molar-refractivity contribution in [3.8, 4) is 5.75 Å². The zero-order valence-corrected chi connectivity index (χ0v) is 10.9. The number of hydrogen-bond acceptors (Lipinski definition) is 3.